The number of benzene rings is 1. The molecule has 1 N–H and O–H groups in total. The van der Waals surface area contributed by atoms with Gasteiger partial charge in [-0.3, -0.25) is 4.79 Å². The van der Waals surface area contributed by atoms with Crippen LogP contribution in [0.2, 0.25) is 0 Å². The zero-order valence-corrected chi connectivity index (χ0v) is 17.8. The van der Waals surface area contributed by atoms with E-state index >= 15 is 0 Å². The van der Waals surface area contributed by atoms with Gasteiger partial charge in [0, 0.05) is 29.3 Å². The zero-order valence-electron chi connectivity index (χ0n) is 17.8. The maximum atomic E-state index is 13.2. The summed E-state index contributed by atoms with van der Waals surface area (Å²) in [6, 6.07) is 8.25. The van der Waals surface area contributed by atoms with E-state index in [-0.39, 0.29) is 29.2 Å². The van der Waals surface area contributed by atoms with Gasteiger partial charge in [0.05, 0.1) is 11.7 Å². The van der Waals surface area contributed by atoms with E-state index in [9.17, 15) is 9.59 Å². The molecule has 0 unspecified atom stereocenters. The molecule has 0 radical (unpaired) electrons. The van der Waals surface area contributed by atoms with Crippen molar-refractivity contribution >= 4 is 11.8 Å². The molecule has 4 heteroatoms. The minimum atomic E-state index is -0.378. The summed E-state index contributed by atoms with van der Waals surface area (Å²) in [5.41, 5.74) is 5.11. The first-order chi connectivity index (χ1) is 13.1. The van der Waals surface area contributed by atoms with Crippen molar-refractivity contribution in [2.75, 3.05) is 0 Å². The predicted octanol–water partition coefficient (Wildman–Crippen LogP) is 4.80. The Balaban J connectivity index is 2.14. The molecule has 2 aliphatic rings. The number of nitrogens with one attached hydrogen (secondary N) is 1. The van der Waals surface area contributed by atoms with Gasteiger partial charge in [0.25, 0.3) is 0 Å². The second-order valence-electron chi connectivity index (χ2n) is 8.98. The Bertz CT molecular complexity index is 856. The van der Waals surface area contributed by atoms with Gasteiger partial charge in [-0.1, -0.05) is 45.0 Å². The van der Waals surface area contributed by atoms with Gasteiger partial charge in [-0.25, -0.2) is 4.79 Å². The van der Waals surface area contributed by atoms with Crippen molar-refractivity contribution in [1.29, 1.82) is 0 Å². The van der Waals surface area contributed by atoms with E-state index in [1.165, 1.54) is 5.56 Å². The normalized spacial score (nSPS) is 21.5. The molecule has 1 aliphatic heterocycles. The summed E-state index contributed by atoms with van der Waals surface area (Å²) < 4.78 is 5.54. The number of hydrogen-bond acceptors (Lipinski definition) is 4. The number of carbonyl (C=O) groups excluding carboxylic acids is 2. The molecule has 1 aromatic rings. The highest BCUT2D eigenvalue weighted by atomic mass is 16.5. The van der Waals surface area contributed by atoms with Crippen LogP contribution >= 0.6 is 0 Å². The number of allylic oxidation sites excluding steroid dienone is 3. The fourth-order valence-electron chi connectivity index (χ4n) is 4.26. The summed E-state index contributed by atoms with van der Waals surface area (Å²) in [7, 11) is 0. The molecule has 1 aromatic carbocycles. The molecule has 1 aliphatic carbocycles. The Morgan fingerprint density at radius 1 is 1.21 bits per heavy atom. The predicted molar refractivity (Wildman–Crippen MR) is 111 cm³/mol. The lowest BCUT2D eigenvalue weighted by Gasteiger charge is -2.39. The summed E-state index contributed by atoms with van der Waals surface area (Å²) in [6.45, 7) is 11.9. The minimum Gasteiger partial charge on any atom is -0.460 e. The Morgan fingerprint density at radius 2 is 1.86 bits per heavy atom. The Labute approximate surface area is 168 Å². The second kappa shape index (κ2) is 7.57. The van der Waals surface area contributed by atoms with Crippen molar-refractivity contribution in [2.24, 2.45) is 5.41 Å². The molecular formula is C24H31NO3. The number of rotatable bonds is 4. The average molecular weight is 382 g/mol. The lowest BCUT2D eigenvalue weighted by atomic mass is 9.68. The third kappa shape index (κ3) is 3.91. The largest absolute Gasteiger partial charge is 0.460 e. The van der Waals surface area contributed by atoms with E-state index in [2.05, 4.69) is 38.2 Å². The molecule has 150 valence electrons. The lowest BCUT2D eigenvalue weighted by molar-refractivity contribution is -0.143. The van der Waals surface area contributed by atoms with Crippen molar-refractivity contribution < 1.29 is 14.3 Å². The van der Waals surface area contributed by atoms with Crippen LogP contribution in [0.4, 0.5) is 0 Å². The van der Waals surface area contributed by atoms with Crippen molar-refractivity contribution in [3.05, 3.63) is 57.9 Å². The number of hydrogen-bond donors (Lipinski definition) is 1. The van der Waals surface area contributed by atoms with Crippen LogP contribution in [0.5, 0.6) is 0 Å². The van der Waals surface area contributed by atoms with Gasteiger partial charge >= 0.3 is 5.97 Å². The summed E-state index contributed by atoms with van der Waals surface area (Å²) in [4.78, 5) is 26.2. The molecule has 0 saturated heterocycles. The van der Waals surface area contributed by atoms with Gasteiger partial charge in [0.15, 0.2) is 5.78 Å². The monoisotopic (exact) mass is 381 g/mol. The van der Waals surface area contributed by atoms with E-state index in [0.29, 0.717) is 12.0 Å². The molecule has 3 rings (SSSR count). The summed E-state index contributed by atoms with van der Waals surface area (Å²) >= 11 is 0. The zero-order chi connectivity index (χ0) is 20.6. The number of ether oxygens (including phenoxy) is 1. The SMILES string of the molecule is CCc1ccc([C@H]2C(C(=O)OC(C)C)=C(C)NC3=C2C(=O)CC(C)(C)C3)cc1. The first kappa shape index (κ1) is 20.4. The maximum absolute atomic E-state index is 13.2. The Morgan fingerprint density at radius 3 is 2.43 bits per heavy atom. The minimum absolute atomic E-state index is 0.0875. The average Bonchev–Trinajstić information content (AvgIpc) is 2.58. The van der Waals surface area contributed by atoms with Gasteiger partial charge < -0.3 is 10.1 Å². The molecule has 0 saturated carbocycles. The van der Waals surface area contributed by atoms with Crippen LogP contribution in [0.15, 0.2) is 46.8 Å². The van der Waals surface area contributed by atoms with Crippen molar-refractivity contribution in [2.45, 2.75) is 72.8 Å². The first-order valence-corrected chi connectivity index (χ1v) is 10.2. The number of dihydropyridines is 1. The molecule has 1 heterocycles. The van der Waals surface area contributed by atoms with E-state index in [1.807, 2.05) is 32.9 Å². The van der Waals surface area contributed by atoms with Crippen LogP contribution in [0.25, 0.3) is 0 Å². The van der Waals surface area contributed by atoms with Crippen molar-refractivity contribution in [3.63, 3.8) is 0 Å². The van der Waals surface area contributed by atoms with E-state index in [4.69, 9.17) is 4.74 Å². The van der Waals surface area contributed by atoms with Crippen LogP contribution in [-0.4, -0.2) is 17.9 Å². The summed E-state index contributed by atoms with van der Waals surface area (Å²) in [5.74, 6) is -0.614. The standard InChI is InChI=1S/C24H31NO3/c1-7-16-8-10-17(11-9-16)21-20(23(27)28-14(2)3)15(4)25-18-12-24(5,6)13-19(26)22(18)21/h8-11,14,21,25H,7,12-13H2,1-6H3/t21-/m0/s1. The van der Waals surface area contributed by atoms with Gasteiger partial charge in [-0.05, 0) is 50.2 Å². The molecule has 1 atom stereocenters. The van der Waals surface area contributed by atoms with Crippen molar-refractivity contribution in [3.8, 4) is 0 Å². The molecule has 0 amide bonds. The maximum Gasteiger partial charge on any atom is 0.337 e. The van der Waals surface area contributed by atoms with Gasteiger partial charge in [-0.15, -0.1) is 0 Å². The molecule has 0 aromatic heterocycles. The molecule has 0 fully saturated rings. The molecule has 28 heavy (non-hydrogen) atoms. The van der Waals surface area contributed by atoms with Crippen LogP contribution in [-0.2, 0) is 20.7 Å². The molecule has 4 nitrogen and oxygen atoms in total. The fraction of sp³-hybridized carbons (Fsp3) is 0.500. The van der Waals surface area contributed by atoms with Crippen LogP contribution in [0.1, 0.15) is 71.4 Å². The summed E-state index contributed by atoms with van der Waals surface area (Å²) in [6.07, 6.45) is 2.02. The number of Topliss-reactive ketones (excluding diaryl/α,β-unsaturated/α-hetero) is 1. The van der Waals surface area contributed by atoms with E-state index in [0.717, 1.165) is 35.4 Å². The highest BCUT2D eigenvalue weighted by molar-refractivity contribution is 6.04. The third-order valence-electron chi connectivity index (χ3n) is 5.52. The Kier molecular flexibility index (Phi) is 5.51. The highest BCUT2D eigenvalue weighted by Gasteiger charge is 2.43. The molecule has 0 bridgehead atoms. The van der Waals surface area contributed by atoms with Crippen LogP contribution in [0, 0.1) is 5.41 Å². The summed E-state index contributed by atoms with van der Waals surface area (Å²) in [5, 5.41) is 3.37. The third-order valence-corrected chi connectivity index (χ3v) is 5.52. The highest BCUT2D eigenvalue weighted by Crippen LogP contribution is 2.46. The van der Waals surface area contributed by atoms with E-state index < -0.39 is 0 Å². The van der Waals surface area contributed by atoms with Crippen LogP contribution < -0.4 is 5.32 Å². The number of aryl methyl sites for hydroxylation is 1. The van der Waals surface area contributed by atoms with Gasteiger partial charge in [0.2, 0.25) is 0 Å². The van der Waals surface area contributed by atoms with E-state index in [1.54, 1.807) is 0 Å². The van der Waals surface area contributed by atoms with Crippen molar-refractivity contribution in [1.82, 2.24) is 5.32 Å². The molecule has 0 spiro atoms. The smallest absolute Gasteiger partial charge is 0.337 e. The van der Waals surface area contributed by atoms with Gasteiger partial charge in [0.1, 0.15) is 0 Å². The lowest BCUT2D eigenvalue weighted by Crippen LogP contribution is -2.39. The number of esters is 1. The number of carbonyl (C=O) groups is 2. The first-order valence-electron chi connectivity index (χ1n) is 10.2. The molecular weight excluding hydrogens is 350 g/mol. The van der Waals surface area contributed by atoms with Gasteiger partial charge in [-0.2, -0.15) is 0 Å². The Hall–Kier alpha value is -2.36. The fourth-order valence-corrected chi connectivity index (χ4v) is 4.26. The topological polar surface area (TPSA) is 55.4 Å². The number of ketones is 1. The quantitative estimate of drug-likeness (QED) is 0.761. The van der Waals surface area contributed by atoms with Crippen LogP contribution in [0.3, 0.4) is 0 Å². The second-order valence-corrected chi connectivity index (χ2v) is 8.98.